The van der Waals surface area contributed by atoms with Gasteiger partial charge in [0.1, 0.15) is 0 Å². The molecule has 0 fully saturated rings. The lowest BCUT2D eigenvalue weighted by Crippen LogP contribution is -2.47. The summed E-state index contributed by atoms with van der Waals surface area (Å²) in [6.45, 7) is 4.84. The minimum Gasteiger partial charge on any atom is -0.618 e. The fourth-order valence-corrected chi connectivity index (χ4v) is 3.02. The van der Waals surface area contributed by atoms with Gasteiger partial charge < -0.3 is 10.1 Å². The molecule has 24 heavy (non-hydrogen) atoms. The van der Waals surface area contributed by atoms with Crippen molar-refractivity contribution < 1.29 is 9.52 Å². The van der Waals surface area contributed by atoms with E-state index in [1.165, 1.54) is 11.8 Å². The van der Waals surface area contributed by atoms with E-state index in [9.17, 15) is 10.0 Å². The van der Waals surface area contributed by atoms with Gasteiger partial charge in [-0.15, -0.1) is 0 Å². The molecule has 0 unspecified atom stereocenters. The van der Waals surface area contributed by atoms with Crippen LogP contribution >= 0.6 is 0 Å². The van der Waals surface area contributed by atoms with E-state index in [4.69, 9.17) is 0 Å². The molecule has 0 saturated heterocycles. The molecule has 1 atom stereocenters. The van der Waals surface area contributed by atoms with Crippen LogP contribution in [0.25, 0.3) is 0 Å². The van der Waals surface area contributed by atoms with Gasteiger partial charge in [0.15, 0.2) is 6.20 Å². The number of hydrogen-bond acceptors (Lipinski definition) is 2. The van der Waals surface area contributed by atoms with Crippen molar-refractivity contribution in [2.75, 3.05) is 6.54 Å². The Morgan fingerprint density at radius 3 is 2.42 bits per heavy atom. The first-order chi connectivity index (χ1) is 11.7. The summed E-state index contributed by atoms with van der Waals surface area (Å²) in [5, 5.41) is 12.0. The van der Waals surface area contributed by atoms with Crippen LogP contribution in [0.3, 0.4) is 0 Å². The molecule has 1 heterocycles. The molecule has 4 nitrogen and oxygen atoms in total. The van der Waals surface area contributed by atoms with E-state index in [-0.39, 0.29) is 17.6 Å². The third kappa shape index (κ3) is 4.57. The van der Waals surface area contributed by atoms with Crippen molar-refractivity contribution in [3.8, 4) is 0 Å². The lowest BCUT2D eigenvalue weighted by Gasteiger charge is -2.31. The maximum absolute atomic E-state index is 13.0. The van der Waals surface area contributed by atoms with Crippen LogP contribution in [0.1, 0.15) is 49.2 Å². The normalized spacial score (nSPS) is 11.9. The topological polar surface area (TPSA) is 47.2 Å². The summed E-state index contributed by atoms with van der Waals surface area (Å²) in [4.78, 5) is 14.8. The highest BCUT2D eigenvalue weighted by Crippen LogP contribution is 2.17. The van der Waals surface area contributed by atoms with Gasteiger partial charge in [-0.25, -0.2) is 0 Å². The van der Waals surface area contributed by atoms with Crippen LogP contribution in [0.2, 0.25) is 0 Å². The average molecular weight is 326 g/mol. The number of rotatable bonds is 8. The molecule has 0 radical (unpaired) electrons. The fourth-order valence-electron chi connectivity index (χ4n) is 3.02. The molecular weight excluding hydrogens is 300 g/mol. The van der Waals surface area contributed by atoms with Crippen LogP contribution in [0, 0.1) is 5.21 Å². The first-order valence-electron chi connectivity index (χ1n) is 8.70. The Bertz CT molecular complexity index is 643. The van der Waals surface area contributed by atoms with Crippen LogP contribution in [0.4, 0.5) is 0 Å². The molecule has 2 rings (SSSR count). The standard InChI is InChI=1S/C20H26N2O2/c1-3-10-18(16-17-11-6-5-7-12-17)21(14-4-2)20(23)19-13-8-9-15-22(19)24/h5-9,11-13,15,18H,3-4,10,14,16H2,1-2H3/t18-/m1/s1. The van der Waals surface area contributed by atoms with Crippen molar-refractivity contribution in [3.63, 3.8) is 0 Å². The molecule has 0 saturated carbocycles. The zero-order valence-electron chi connectivity index (χ0n) is 14.5. The van der Waals surface area contributed by atoms with Gasteiger partial charge in [0.2, 0.25) is 0 Å². The second-order valence-electron chi connectivity index (χ2n) is 6.04. The van der Waals surface area contributed by atoms with Gasteiger partial charge in [0.05, 0.1) is 0 Å². The molecule has 1 aromatic carbocycles. The van der Waals surface area contributed by atoms with Crippen LogP contribution < -0.4 is 4.73 Å². The Balaban J connectivity index is 2.27. The van der Waals surface area contributed by atoms with Gasteiger partial charge in [-0.05, 0) is 30.9 Å². The second kappa shape index (κ2) is 9.06. The van der Waals surface area contributed by atoms with E-state index in [0.717, 1.165) is 25.7 Å². The van der Waals surface area contributed by atoms with Crippen molar-refractivity contribution in [2.24, 2.45) is 0 Å². The number of benzene rings is 1. The van der Waals surface area contributed by atoms with Gasteiger partial charge in [-0.3, -0.25) is 4.79 Å². The third-order valence-corrected chi connectivity index (χ3v) is 4.15. The molecule has 0 aliphatic carbocycles. The number of carbonyl (C=O) groups excluding carboxylic acids is 1. The summed E-state index contributed by atoms with van der Waals surface area (Å²) < 4.78 is 0.663. The van der Waals surface area contributed by atoms with Crippen molar-refractivity contribution >= 4 is 5.91 Å². The number of amides is 1. The lowest BCUT2D eigenvalue weighted by atomic mass is 9.99. The summed E-state index contributed by atoms with van der Waals surface area (Å²) in [5.41, 5.74) is 1.41. The number of aromatic nitrogens is 1. The van der Waals surface area contributed by atoms with Crippen LogP contribution in [0.5, 0.6) is 0 Å². The summed E-state index contributed by atoms with van der Waals surface area (Å²) in [6, 6.07) is 15.3. The summed E-state index contributed by atoms with van der Waals surface area (Å²) >= 11 is 0. The Morgan fingerprint density at radius 2 is 1.79 bits per heavy atom. The monoisotopic (exact) mass is 326 g/mol. The van der Waals surface area contributed by atoms with Gasteiger partial charge in [0.25, 0.3) is 5.69 Å². The predicted octanol–water partition coefficient (Wildman–Crippen LogP) is 3.58. The molecule has 0 N–H and O–H groups in total. The van der Waals surface area contributed by atoms with E-state index in [0.29, 0.717) is 11.3 Å². The zero-order valence-corrected chi connectivity index (χ0v) is 14.5. The molecule has 2 aromatic rings. The Hall–Kier alpha value is -2.36. The van der Waals surface area contributed by atoms with E-state index in [1.54, 1.807) is 18.2 Å². The first-order valence-corrected chi connectivity index (χ1v) is 8.70. The quantitative estimate of drug-likeness (QED) is 0.550. The summed E-state index contributed by atoms with van der Waals surface area (Å²) in [6.07, 6.45) is 4.98. The fraction of sp³-hybridized carbons (Fsp3) is 0.400. The summed E-state index contributed by atoms with van der Waals surface area (Å²) in [7, 11) is 0. The molecule has 0 aliphatic rings. The number of nitrogens with zero attached hydrogens (tertiary/aromatic N) is 2. The van der Waals surface area contributed by atoms with Crippen LogP contribution in [0.15, 0.2) is 54.7 Å². The van der Waals surface area contributed by atoms with E-state index in [2.05, 4.69) is 26.0 Å². The van der Waals surface area contributed by atoms with Crippen molar-refractivity contribution in [2.45, 2.75) is 45.6 Å². The van der Waals surface area contributed by atoms with E-state index >= 15 is 0 Å². The van der Waals surface area contributed by atoms with Crippen LogP contribution in [-0.2, 0) is 6.42 Å². The summed E-state index contributed by atoms with van der Waals surface area (Å²) in [5.74, 6) is -0.179. The maximum Gasteiger partial charge on any atom is 0.320 e. The first kappa shape index (κ1) is 18.0. The lowest BCUT2D eigenvalue weighted by molar-refractivity contribution is -0.608. The molecule has 0 aliphatic heterocycles. The van der Waals surface area contributed by atoms with E-state index < -0.39 is 0 Å². The number of pyridine rings is 1. The van der Waals surface area contributed by atoms with Gasteiger partial charge in [-0.2, -0.15) is 4.73 Å². The van der Waals surface area contributed by atoms with Crippen molar-refractivity contribution in [3.05, 3.63) is 71.2 Å². The minimum absolute atomic E-state index is 0.102. The molecular formula is C20H26N2O2. The van der Waals surface area contributed by atoms with Gasteiger partial charge in [-0.1, -0.05) is 50.6 Å². The second-order valence-corrected chi connectivity index (χ2v) is 6.04. The van der Waals surface area contributed by atoms with E-state index in [1.807, 2.05) is 23.1 Å². The highest BCUT2D eigenvalue weighted by molar-refractivity contribution is 5.91. The Labute approximate surface area is 144 Å². The predicted molar refractivity (Wildman–Crippen MR) is 95.6 cm³/mol. The highest BCUT2D eigenvalue weighted by Gasteiger charge is 2.28. The third-order valence-electron chi connectivity index (χ3n) is 4.15. The smallest absolute Gasteiger partial charge is 0.320 e. The SMILES string of the molecule is CCC[C@H](Cc1ccccc1)N(CCC)C(=O)c1cccc[n+]1[O-]. The molecule has 4 heteroatoms. The largest absolute Gasteiger partial charge is 0.618 e. The Kier molecular flexibility index (Phi) is 6.79. The number of carbonyl (C=O) groups is 1. The van der Waals surface area contributed by atoms with Crippen molar-refractivity contribution in [1.29, 1.82) is 0 Å². The molecule has 0 bridgehead atoms. The van der Waals surface area contributed by atoms with Crippen molar-refractivity contribution in [1.82, 2.24) is 4.90 Å². The average Bonchev–Trinajstić information content (AvgIpc) is 2.60. The highest BCUT2D eigenvalue weighted by atomic mass is 16.5. The number of hydrogen-bond donors (Lipinski definition) is 0. The van der Waals surface area contributed by atoms with Gasteiger partial charge >= 0.3 is 5.91 Å². The minimum atomic E-state index is -0.179. The van der Waals surface area contributed by atoms with Gasteiger partial charge in [0, 0.05) is 24.7 Å². The Morgan fingerprint density at radius 1 is 1.08 bits per heavy atom. The molecule has 128 valence electrons. The zero-order chi connectivity index (χ0) is 17.4. The van der Waals surface area contributed by atoms with Crippen LogP contribution in [-0.4, -0.2) is 23.4 Å². The maximum atomic E-state index is 13.0. The molecule has 0 spiro atoms. The molecule has 1 amide bonds. The molecule has 1 aromatic heterocycles.